The van der Waals surface area contributed by atoms with Gasteiger partial charge in [0.1, 0.15) is 0 Å². The minimum atomic E-state index is -0.497. The van der Waals surface area contributed by atoms with Crippen molar-refractivity contribution in [3.05, 3.63) is 0 Å². The smallest absolute Gasteiger partial charge is 0.304 e. The van der Waals surface area contributed by atoms with Crippen LogP contribution in [0.5, 0.6) is 0 Å². The van der Waals surface area contributed by atoms with Gasteiger partial charge in [0.05, 0.1) is 19.3 Å². The molecule has 0 aliphatic carbocycles. The zero-order chi connectivity index (χ0) is 16.6. The van der Waals surface area contributed by atoms with Gasteiger partial charge in [-0.1, -0.05) is 48.5 Å². The molecule has 0 amide bonds. The summed E-state index contributed by atoms with van der Waals surface area (Å²) in [5, 5.41) is 0. The minimum Gasteiger partial charge on any atom is -0.436 e. The summed E-state index contributed by atoms with van der Waals surface area (Å²) in [6.45, 7) is 17.3. The average molecular weight is 302 g/mol. The highest BCUT2D eigenvalue weighted by molar-refractivity contribution is 5.66. The van der Waals surface area contributed by atoms with Crippen LogP contribution in [0.1, 0.15) is 61.8 Å². The van der Waals surface area contributed by atoms with Crippen molar-refractivity contribution in [1.29, 1.82) is 0 Å². The van der Waals surface area contributed by atoms with Crippen molar-refractivity contribution in [3.63, 3.8) is 0 Å². The Balaban J connectivity index is 4.29. The molecule has 4 nitrogen and oxygen atoms in total. The highest BCUT2D eigenvalue weighted by Crippen LogP contribution is 2.32. The Morgan fingerprint density at radius 1 is 1.00 bits per heavy atom. The van der Waals surface area contributed by atoms with E-state index in [0.717, 1.165) is 6.42 Å². The molecule has 0 heterocycles. The highest BCUT2D eigenvalue weighted by Gasteiger charge is 2.31. The normalized spacial score (nSPS) is 15.3. The molecular formula is C17H34O4. The van der Waals surface area contributed by atoms with E-state index in [9.17, 15) is 4.79 Å². The van der Waals surface area contributed by atoms with Crippen LogP contribution in [0, 0.1) is 17.3 Å². The van der Waals surface area contributed by atoms with Gasteiger partial charge in [-0.15, -0.1) is 0 Å². The lowest BCUT2D eigenvalue weighted by Gasteiger charge is -2.36. The largest absolute Gasteiger partial charge is 0.436 e. The highest BCUT2D eigenvalue weighted by atomic mass is 16.7. The summed E-state index contributed by atoms with van der Waals surface area (Å²) in [5.41, 5.74) is 0.140. The Morgan fingerprint density at radius 2 is 1.52 bits per heavy atom. The minimum absolute atomic E-state index is 0.127. The monoisotopic (exact) mass is 302 g/mol. The molecule has 0 rings (SSSR count). The first-order valence-corrected chi connectivity index (χ1v) is 8.02. The molecule has 0 radical (unpaired) electrons. The number of carbonyl (C=O) groups excluding carboxylic acids is 1. The van der Waals surface area contributed by atoms with Gasteiger partial charge in [-0.25, -0.2) is 0 Å². The molecule has 0 N–H and O–H groups in total. The van der Waals surface area contributed by atoms with Crippen LogP contribution in [0.25, 0.3) is 0 Å². The van der Waals surface area contributed by atoms with Crippen molar-refractivity contribution in [2.24, 2.45) is 17.3 Å². The van der Waals surface area contributed by atoms with Crippen molar-refractivity contribution >= 4 is 5.97 Å². The van der Waals surface area contributed by atoms with Crippen LogP contribution < -0.4 is 0 Å². The Kier molecular flexibility index (Phi) is 9.14. The number of carbonyl (C=O) groups is 1. The number of esters is 1. The first-order chi connectivity index (χ1) is 9.61. The number of hydrogen-bond donors (Lipinski definition) is 0. The van der Waals surface area contributed by atoms with Gasteiger partial charge in [-0.05, 0) is 17.8 Å². The van der Waals surface area contributed by atoms with Crippen molar-refractivity contribution in [3.8, 4) is 0 Å². The maximum atomic E-state index is 11.0. The summed E-state index contributed by atoms with van der Waals surface area (Å²) in [4.78, 5) is 11.0. The maximum Gasteiger partial charge on any atom is 0.304 e. The van der Waals surface area contributed by atoms with E-state index in [0.29, 0.717) is 19.1 Å². The zero-order valence-electron chi connectivity index (χ0n) is 15.1. The standard InChI is InChI=1S/C17H34O4/c1-9-17(7,8)15(12(2)3)19-10-11-20-16(13(4)5)21-14(6)18/h12-13,15-16H,9-11H2,1-8H3. The van der Waals surface area contributed by atoms with Gasteiger partial charge >= 0.3 is 5.97 Å². The molecule has 0 aromatic carbocycles. The predicted octanol–water partition coefficient (Wildman–Crippen LogP) is 4.03. The molecule has 21 heavy (non-hydrogen) atoms. The summed E-state index contributed by atoms with van der Waals surface area (Å²) in [7, 11) is 0. The molecule has 0 aromatic heterocycles. The lowest BCUT2D eigenvalue weighted by Crippen LogP contribution is -2.37. The van der Waals surface area contributed by atoms with Crippen LogP contribution in [0.3, 0.4) is 0 Å². The van der Waals surface area contributed by atoms with E-state index < -0.39 is 6.29 Å². The third-order valence-corrected chi connectivity index (χ3v) is 3.78. The van der Waals surface area contributed by atoms with Crippen LogP contribution in [0.4, 0.5) is 0 Å². The summed E-state index contributed by atoms with van der Waals surface area (Å²) in [6.07, 6.45) is 0.763. The Bertz CT molecular complexity index is 297. The molecule has 0 saturated carbocycles. The number of rotatable bonds is 10. The molecule has 0 spiro atoms. The SMILES string of the molecule is CCC(C)(C)C(OCCOC(OC(C)=O)C(C)C)C(C)C. The van der Waals surface area contributed by atoms with Crippen molar-refractivity contribution in [1.82, 2.24) is 0 Å². The first kappa shape index (κ1) is 20.4. The fraction of sp³-hybridized carbons (Fsp3) is 0.941. The summed E-state index contributed by atoms with van der Waals surface area (Å²) < 4.78 is 16.8. The summed E-state index contributed by atoms with van der Waals surface area (Å²) in [6, 6.07) is 0. The molecule has 0 bridgehead atoms. The first-order valence-electron chi connectivity index (χ1n) is 8.02. The topological polar surface area (TPSA) is 44.8 Å². The van der Waals surface area contributed by atoms with Crippen LogP contribution in [0.2, 0.25) is 0 Å². The third-order valence-electron chi connectivity index (χ3n) is 3.78. The van der Waals surface area contributed by atoms with Gasteiger partial charge in [0.2, 0.25) is 6.29 Å². The Labute approximate surface area is 130 Å². The Morgan fingerprint density at radius 3 is 1.90 bits per heavy atom. The third kappa shape index (κ3) is 7.82. The molecule has 0 saturated heterocycles. The van der Waals surface area contributed by atoms with Gasteiger partial charge in [0, 0.05) is 12.8 Å². The molecular weight excluding hydrogens is 268 g/mol. The lowest BCUT2D eigenvalue weighted by atomic mass is 9.78. The fourth-order valence-electron chi connectivity index (χ4n) is 2.39. The average Bonchev–Trinajstić information content (AvgIpc) is 2.35. The van der Waals surface area contributed by atoms with Gasteiger partial charge in [0.25, 0.3) is 0 Å². The molecule has 4 heteroatoms. The van der Waals surface area contributed by atoms with Gasteiger partial charge < -0.3 is 14.2 Å². The summed E-state index contributed by atoms with van der Waals surface area (Å²) in [5.74, 6) is 0.262. The molecule has 0 fully saturated rings. The van der Waals surface area contributed by atoms with E-state index >= 15 is 0 Å². The second-order valence-electron chi connectivity index (χ2n) is 6.97. The molecule has 0 aromatic rings. The Hall–Kier alpha value is -0.610. The van der Waals surface area contributed by atoms with Gasteiger partial charge in [-0.2, -0.15) is 0 Å². The maximum absolute atomic E-state index is 11.0. The van der Waals surface area contributed by atoms with Crippen LogP contribution >= 0.6 is 0 Å². The van der Waals surface area contributed by atoms with Crippen molar-refractivity contribution in [2.45, 2.75) is 74.2 Å². The van der Waals surface area contributed by atoms with E-state index in [4.69, 9.17) is 14.2 Å². The quantitative estimate of drug-likeness (QED) is 0.347. The van der Waals surface area contributed by atoms with Crippen LogP contribution in [0.15, 0.2) is 0 Å². The molecule has 2 atom stereocenters. The van der Waals surface area contributed by atoms with E-state index in [1.54, 1.807) is 0 Å². The van der Waals surface area contributed by atoms with Crippen molar-refractivity contribution in [2.75, 3.05) is 13.2 Å². The summed E-state index contributed by atoms with van der Waals surface area (Å²) >= 11 is 0. The van der Waals surface area contributed by atoms with Gasteiger partial charge in [-0.3, -0.25) is 4.79 Å². The molecule has 0 aliphatic rings. The molecule has 2 unspecified atom stereocenters. The second kappa shape index (κ2) is 9.42. The van der Waals surface area contributed by atoms with E-state index in [2.05, 4.69) is 34.6 Å². The fourth-order valence-corrected chi connectivity index (χ4v) is 2.39. The molecule has 126 valence electrons. The number of hydrogen-bond acceptors (Lipinski definition) is 4. The lowest BCUT2D eigenvalue weighted by molar-refractivity contribution is -0.192. The van der Waals surface area contributed by atoms with Crippen LogP contribution in [-0.4, -0.2) is 31.6 Å². The zero-order valence-corrected chi connectivity index (χ0v) is 15.1. The number of ether oxygens (including phenoxy) is 3. The molecule has 0 aliphatic heterocycles. The predicted molar refractivity (Wildman–Crippen MR) is 85.0 cm³/mol. The van der Waals surface area contributed by atoms with E-state index in [-0.39, 0.29) is 23.4 Å². The van der Waals surface area contributed by atoms with Gasteiger partial charge in [0.15, 0.2) is 0 Å². The van der Waals surface area contributed by atoms with Crippen LogP contribution in [-0.2, 0) is 19.0 Å². The van der Waals surface area contributed by atoms with E-state index in [1.807, 2.05) is 13.8 Å². The second-order valence-corrected chi connectivity index (χ2v) is 6.97. The van der Waals surface area contributed by atoms with E-state index in [1.165, 1.54) is 6.92 Å². The van der Waals surface area contributed by atoms with Crippen molar-refractivity contribution < 1.29 is 19.0 Å².